The fourth-order valence-corrected chi connectivity index (χ4v) is 6.16. The maximum atomic E-state index is 13.8. The lowest BCUT2D eigenvalue weighted by atomic mass is 9.82. The lowest BCUT2D eigenvalue weighted by Gasteiger charge is -2.40. The van der Waals surface area contributed by atoms with Crippen molar-refractivity contribution in [2.75, 3.05) is 0 Å². The molecule has 204 valence electrons. The maximum Gasteiger partial charge on any atom is 0.307 e. The van der Waals surface area contributed by atoms with Crippen LogP contribution in [0.15, 0.2) is 53.3 Å². The highest BCUT2D eigenvalue weighted by Gasteiger charge is 2.60. The van der Waals surface area contributed by atoms with E-state index in [0.717, 1.165) is 11.1 Å². The SMILES string of the molecule is Cc1cc(Oc2ccc(C(=O)N[C@H]3C[C@@]4(c5ccccc5C)CC[C@H](C(C)(C)O)N4C3=O)cc2C)c(=O)[nH]n1. The molecule has 0 unspecified atom stereocenters. The number of carbonyl (C=O) groups is 2. The van der Waals surface area contributed by atoms with Gasteiger partial charge in [0.25, 0.3) is 5.91 Å². The second-order valence-electron chi connectivity index (χ2n) is 11.3. The van der Waals surface area contributed by atoms with E-state index >= 15 is 0 Å². The Labute approximate surface area is 227 Å². The number of amides is 2. The zero-order chi connectivity index (χ0) is 28.1. The van der Waals surface area contributed by atoms with E-state index in [-0.39, 0.29) is 23.6 Å². The quantitative estimate of drug-likeness (QED) is 0.447. The summed E-state index contributed by atoms with van der Waals surface area (Å²) < 4.78 is 5.77. The molecule has 2 aliphatic heterocycles. The predicted molar refractivity (Wildman–Crippen MR) is 146 cm³/mol. The molecule has 39 heavy (non-hydrogen) atoms. The van der Waals surface area contributed by atoms with Crippen molar-refractivity contribution >= 4 is 11.8 Å². The summed E-state index contributed by atoms with van der Waals surface area (Å²) in [6, 6.07) is 13.4. The zero-order valence-electron chi connectivity index (χ0n) is 22.9. The summed E-state index contributed by atoms with van der Waals surface area (Å²) in [5.41, 5.74) is 1.66. The smallest absolute Gasteiger partial charge is 0.307 e. The van der Waals surface area contributed by atoms with Gasteiger partial charge in [-0.05, 0) is 82.3 Å². The van der Waals surface area contributed by atoms with Crippen LogP contribution >= 0.6 is 0 Å². The van der Waals surface area contributed by atoms with Crippen molar-refractivity contribution in [2.24, 2.45) is 0 Å². The minimum Gasteiger partial charge on any atom is -0.451 e. The number of aromatic amines is 1. The molecule has 3 N–H and O–H groups in total. The summed E-state index contributed by atoms with van der Waals surface area (Å²) >= 11 is 0. The fourth-order valence-electron chi connectivity index (χ4n) is 6.16. The lowest BCUT2D eigenvalue weighted by Crippen LogP contribution is -2.53. The van der Waals surface area contributed by atoms with Crippen LogP contribution in [0.5, 0.6) is 11.5 Å². The third kappa shape index (κ3) is 4.71. The number of aliphatic hydroxyl groups is 1. The number of benzene rings is 2. The van der Waals surface area contributed by atoms with Gasteiger partial charge in [0.1, 0.15) is 11.8 Å². The van der Waals surface area contributed by atoms with Gasteiger partial charge < -0.3 is 20.1 Å². The summed E-state index contributed by atoms with van der Waals surface area (Å²) in [5, 5.41) is 20.1. The summed E-state index contributed by atoms with van der Waals surface area (Å²) in [4.78, 5) is 41.0. The molecule has 1 aromatic heterocycles. The summed E-state index contributed by atoms with van der Waals surface area (Å²) in [6.45, 7) is 9.03. The van der Waals surface area contributed by atoms with Crippen LogP contribution in [0.3, 0.4) is 0 Å². The molecule has 3 heterocycles. The molecule has 9 nitrogen and oxygen atoms in total. The summed E-state index contributed by atoms with van der Waals surface area (Å²) in [7, 11) is 0. The number of rotatable bonds is 6. The Morgan fingerprint density at radius 1 is 1.10 bits per heavy atom. The van der Waals surface area contributed by atoms with Crippen LogP contribution in [-0.4, -0.2) is 49.7 Å². The van der Waals surface area contributed by atoms with E-state index in [0.29, 0.717) is 41.8 Å². The zero-order valence-corrected chi connectivity index (χ0v) is 22.9. The first-order chi connectivity index (χ1) is 18.4. The molecule has 0 saturated carbocycles. The Morgan fingerprint density at radius 2 is 1.85 bits per heavy atom. The molecule has 2 amide bonds. The minimum absolute atomic E-state index is 0.114. The van der Waals surface area contributed by atoms with Crippen molar-refractivity contribution < 1.29 is 19.4 Å². The second kappa shape index (κ2) is 9.64. The molecule has 2 aliphatic rings. The van der Waals surface area contributed by atoms with Gasteiger partial charge in [0, 0.05) is 18.1 Å². The van der Waals surface area contributed by atoms with Gasteiger partial charge >= 0.3 is 5.56 Å². The topological polar surface area (TPSA) is 125 Å². The van der Waals surface area contributed by atoms with E-state index in [1.54, 1.807) is 52.0 Å². The van der Waals surface area contributed by atoms with Gasteiger partial charge in [-0.15, -0.1) is 0 Å². The van der Waals surface area contributed by atoms with Crippen LogP contribution in [0, 0.1) is 20.8 Å². The van der Waals surface area contributed by atoms with E-state index in [2.05, 4.69) is 15.5 Å². The Kier molecular flexibility index (Phi) is 6.58. The van der Waals surface area contributed by atoms with Crippen LogP contribution in [0.4, 0.5) is 0 Å². The number of carbonyl (C=O) groups excluding carboxylic acids is 2. The molecule has 2 fully saturated rings. The van der Waals surface area contributed by atoms with Gasteiger partial charge in [-0.1, -0.05) is 24.3 Å². The number of aromatic nitrogens is 2. The van der Waals surface area contributed by atoms with E-state index in [1.807, 2.05) is 36.1 Å². The third-order valence-corrected chi connectivity index (χ3v) is 8.00. The highest BCUT2D eigenvalue weighted by atomic mass is 16.5. The number of aryl methyl sites for hydroxylation is 3. The van der Waals surface area contributed by atoms with Gasteiger partial charge in [-0.25, -0.2) is 5.10 Å². The van der Waals surface area contributed by atoms with E-state index in [1.165, 1.54) is 0 Å². The Morgan fingerprint density at radius 3 is 2.54 bits per heavy atom. The monoisotopic (exact) mass is 530 g/mol. The van der Waals surface area contributed by atoms with Crippen molar-refractivity contribution in [1.29, 1.82) is 0 Å². The molecule has 3 atom stereocenters. The molecule has 0 spiro atoms. The minimum atomic E-state index is -1.08. The van der Waals surface area contributed by atoms with Crippen LogP contribution < -0.4 is 15.6 Å². The summed E-state index contributed by atoms with van der Waals surface area (Å²) in [5.74, 6) is -0.00345. The number of H-pyrrole nitrogens is 1. The van der Waals surface area contributed by atoms with Gasteiger partial charge in [0.05, 0.1) is 22.9 Å². The maximum absolute atomic E-state index is 13.8. The molecular formula is C30H34N4O5. The molecule has 0 bridgehead atoms. The number of hydrogen-bond acceptors (Lipinski definition) is 6. The Bertz CT molecular complexity index is 1510. The van der Waals surface area contributed by atoms with Gasteiger partial charge in [-0.2, -0.15) is 5.10 Å². The van der Waals surface area contributed by atoms with Crippen LogP contribution in [-0.2, 0) is 10.3 Å². The largest absolute Gasteiger partial charge is 0.451 e. The third-order valence-electron chi connectivity index (χ3n) is 8.00. The number of hydrogen-bond donors (Lipinski definition) is 3. The van der Waals surface area contributed by atoms with Crippen molar-refractivity contribution in [3.63, 3.8) is 0 Å². The second-order valence-corrected chi connectivity index (χ2v) is 11.3. The highest BCUT2D eigenvalue weighted by molar-refractivity contribution is 5.99. The van der Waals surface area contributed by atoms with E-state index in [9.17, 15) is 19.5 Å². The van der Waals surface area contributed by atoms with Gasteiger partial charge in [0.15, 0.2) is 5.75 Å². The molecule has 3 aromatic rings. The number of ether oxygens (including phenoxy) is 1. The van der Waals surface area contributed by atoms with Crippen LogP contribution in [0.25, 0.3) is 0 Å². The van der Waals surface area contributed by atoms with Crippen molar-refractivity contribution in [2.45, 2.75) is 77.1 Å². The lowest BCUT2D eigenvalue weighted by molar-refractivity contribution is -0.138. The Balaban J connectivity index is 1.40. The first kappa shape index (κ1) is 26.6. The highest BCUT2D eigenvalue weighted by Crippen LogP contribution is 2.53. The molecule has 0 aliphatic carbocycles. The Hall–Kier alpha value is -3.98. The van der Waals surface area contributed by atoms with Crippen LogP contribution in [0.1, 0.15) is 65.9 Å². The van der Waals surface area contributed by atoms with Crippen molar-refractivity contribution in [1.82, 2.24) is 20.4 Å². The first-order valence-electron chi connectivity index (χ1n) is 13.2. The molecule has 2 aromatic carbocycles. The molecule has 5 rings (SSSR count). The standard InChI is InChI=1S/C30H34N4O5/c1-17-8-6-7-9-21(17)30-13-12-25(29(4,5)38)34(30)28(37)22(16-30)31-26(35)20-10-11-23(18(2)14-20)39-24-15-19(3)32-33-27(24)36/h6-11,14-15,22,25,38H,12-13,16H2,1-5H3,(H,31,35)(H,33,36)/t22-,25+,30+/m0/s1. The molecule has 9 heteroatoms. The number of nitrogens with zero attached hydrogens (tertiary/aromatic N) is 2. The average Bonchev–Trinajstić information content (AvgIpc) is 3.38. The molecule has 2 saturated heterocycles. The average molecular weight is 531 g/mol. The number of fused-ring (bicyclic) bond motifs is 1. The fraction of sp³-hybridized carbons (Fsp3) is 0.400. The molecular weight excluding hydrogens is 496 g/mol. The van der Waals surface area contributed by atoms with Crippen molar-refractivity contribution in [3.05, 3.63) is 86.8 Å². The first-order valence-corrected chi connectivity index (χ1v) is 13.2. The predicted octanol–water partition coefficient (Wildman–Crippen LogP) is 3.65. The van der Waals surface area contributed by atoms with Gasteiger partial charge in [0.2, 0.25) is 5.91 Å². The van der Waals surface area contributed by atoms with E-state index in [4.69, 9.17) is 4.74 Å². The number of nitrogens with one attached hydrogen (secondary N) is 2. The van der Waals surface area contributed by atoms with Gasteiger partial charge in [-0.3, -0.25) is 14.4 Å². The van der Waals surface area contributed by atoms with E-state index < -0.39 is 22.7 Å². The summed E-state index contributed by atoms with van der Waals surface area (Å²) in [6.07, 6.45) is 1.83. The molecule has 0 radical (unpaired) electrons. The van der Waals surface area contributed by atoms with Crippen LogP contribution in [0.2, 0.25) is 0 Å². The van der Waals surface area contributed by atoms with Crippen molar-refractivity contribution in [3.8, 4) is 11.5 Å². The normalized spacial score (nSPS) is 22.6.